The van der Waals surface area contributed by atoms with Gasteiger partial charge in [0.1, 0.15) is 0 Å². The van der Waals surface area contributed by atoms with Crippen molar-refractivity contribution in [3.05, 3.63) is 48.3 Å². The first kappa shape index (κ1) is 13.8. The van der Waals surface area contributed by atoms with Crippen LogP contribution in [0.4, 0.5) is 0 Å². The Bertz CT molecular complexity index is 465. The predicted octanol–water partition coefficient (Wildman–Crippen LogP) is 2.12. The molecule has 0 fully saturated rings. The number of rotatable bonds is 7. The Labute approximate surface area is 114 Å². The molecule has 0 spiro atoms. The van der Waals surface area contributed by atoms with Crippen molar-refractivity contribution in [2.24, 2.45) is 0 Å². The van der Waals surface area contributed by atoms with Gasteiger partial charge in [-0.15, -0.1) is 0 Å². The number of hydrogen-bond acceptors (Lipinski definition) is 3. The molecule has 0 aliphatic rings. The summed E-state index contributed by atoms with van der Waals surface area (Å²) in [6, 6.07) is 10.6. The maximum absolute atomic E-state index is 8.96. The Morgan fingerprint density at radius 2 is 2.11 bits per heavy atom. The zero-order valence-corrected chi connectivity index (χ0v) is 11.3. The van der Waals surface area contributed by atoms with Crippen LogP contribution in [0, 0.1) is 0 Å². The molecular formula is C15H21N3O. The Morgan fingerprint density at radius 1 is 1.32 bits per heavy atom. The number of aromatic nitrogens is 2. The molecule has 0 saturated carbocycles. The highest BCUT2D eigenvalue weighted by Crippen LogP contribution is 2.09. The summed E-state index contributed by atoms with van der Waals surface area (Å²) in [5.74, 6) is 0. The van der Waals surface area contributed by atoms with E-state index in [1.54, 1.807) is 6.20 Å². The zero-order chi connectivity index (χ0) is 13.5. The van der Waals surface area contributed by atoms with Gasteiger partial charge in [-0.25, -0.2) is 4.68 Å². The average molecular weight is 259 g/mol. The molecule has 1 aromatic heterocycles. The van der Waals surface area contributed by atoms with Gasteiger partial charge in [-0.2, -0.15) is 5.10 Å². The molecule has 0 amide bonds. The van der Waals surface area contributed by atoms with E-state index >= 15 is 0 Å². The van der Waals surface area contributed by atoms with Gasteiger partial charge in [0, 0.05) is 31.6 Å². The molecule has 4 heteroatoms. The SMILES string of the molecule is CCC(CCO)NCc1ccc(-n2cccn2)cc1. The highest BCUT2D eigenvalue weighted by atomic mass is 16.3. The number of nitrogens with zero attached hydrogens (tertiary/aromatic N) is 2. The summed E-state index contributed by atoms with van der Waals surface area (Å²) in [5.41, 5.74) is 2.31. The van der Waals surface area contributed by atoms with E-state index in [4.69, 9.17) is 5.11 Å². The Hall–Kier alpha value is -1.65. The summed E-state index contributed by atoms with van der Waals surface area (Å²) in [4.78, 5) is 0. The highest BCUT2D eigenvalue weighted by Gasteiger charge is 2.04. The third-order valence-electron chi connectivity index (χ3n) is 3.27. The van der Waals surface area contributed by atoms with Crippen LogP contribution >= 0.6 is 0 Å². The molecular weight excluding hydrogens is 238 g/mol. The van der Waals surface area contributed by atoms with Crippen molar-refractivity contribution in [2.45, 2.75) is 32.4 Å². The zero-order valence-electron chi connectivity index (χ0n) is 11.3. The Kier molecular flexibility index (Phi) is 5.12. The van der Waals surface area contributed by atoms with Crippen molar-refractivity contribution in [1.82, 2.24) is 15.1 Å². The maximum atomic E-state index is 8.96. The fraction of sp³-hybridized carbons (Fsp3) is 0.400. The Balaban J connectivity index is 1.92. The number of aliphatic hydroxyl groups is 1. The smallest absolute Gasteiger partial charge is 0.0645 e. The van der Waals surface area contributed by atoms with Crippen LogP contribution in [0.5, 0.6) is 0 Å². The fourth-order valence-corrected chi connectivity index (χ4v) is 2.06. The monoisotopic (exact) mass is 259 g/mol. The van der Waals surface area contributed by atoms with Crippen molar-refractivity contribution in [3.8, 4) is 5.69 Å². The van der Waals surface area contributed by atoms with Crippen LogP contribution in [0.25, 0.3) is 5.69 Å². The first-order valence-corrected chi connectivity index (χ1v) is 6.76. The van der Waals surface area contributed by atoms with Crippen molar-refractivity contribution >= 4 is 0 Å². The van der Waals surface area contributed by atoms with Crippen molar-refractivity contribution < 1.29 is 5.11 Å². The quantitative estimate of drug-likeness (QED) is 0.801. The molecule has 102 valence electrons. The molecule has 2 N–H and O–H groups in total. The first-order chi connectivity index (χ1) is 9.33. The van der Waals surface area contributed by atoms with Gasteiger partial charge in [-0.3, -0.25) is 0 Å². The second kappa shape index (κ2) is 7.07. The first-order valence-electron chi connectivity index (χ1n) is 6.76. The van der Waals surface area contributed by atoms with Gasteiger partial charge in [0.25, 0.3) is 0 Å². The van der Waals surface area contributed by atoms with Crippen LogP contribution in [0.3, 0.4) is 0 Å². The van der Waals surface area contributed by atoms with E-state index in [0.717, 1.165) is 25.1 Å². The minimum atomic E-state index is 0.240. The lowest BCUT2D eigenvalue weighted by molar-refractivity contribution is 0.262. The standard InChI is InChI=1S/C15H21N3O/c1-2-14(8-11-19)16-12-13-4-6-15(7-5-13)18-10-3-9-17-18/h3-7,9-10,14,16,19H,2,8,11-12H2,1H3. The van der Waals surface area contributed by atoms with E-state index in [1.807, 2.05) is 16.9 Å². The third-order valence-corrected chi connectivity index (χ3v) is 3.27. The molecule has 2 aromatic rings. The maximum Gasteiger partial charge on any atom is 0.0645 e. The lowest BCUT2D eigenvalue weighted by atomic mass is 10.1. The van der Waals surface area contributed by atoms with Gasteiger partial charge in [0.05, 0.1) is 5.69 Å². The minimum Gasteiger partial charge on any atom is -0.396 e. The largest absolute Gasteiger partial charge is 0.396 e. The second-order valence-corrected chi connectivity index (χ2v) is 4.62. The lowest BCUT2D eigenvalue weighted by Gasteiger charge is -2.15. The van der Waals surface area contributed by atoms with Crippen LogP contribution in [-0.4, -0.2) is 27.5 Å². The van der Waals surface area contributed by atoms with Crippen molar-refractivity contribution in [3.63, 3.8) is 0 Å². The van der Waals surface area contributed by atoms with Crippen LogP contribution in [-0.2, 0) is 6.54 Å². The van der Waals surface area contributed by atoms with Crippen LogP contribution in [0.15, 0.2) is 42.7 Å². The minimum absolute atomic E-state index is 0.240. The molecule has 1 atom stereocenters. The van der Waals surface area contributed by atoms with Crippen LogP contribution in [0.1, 0.15) is 25.3 Å². The van der Waals surface area contributed by atoms with Crippen molar-refractivity contribution in [2.75, 3.05) is 6.61 Å². The molecule has 1 unspecified atom stereocenters. The summed E-state index contributed by atoms with van der Waals surface area (Å²) >= 11 is 0. The topological polar surface area (TPSA) is 50.1 Å². The molecule has 19 heavy (non-hydrogen) atoms. The van der Waals surface area contributed by atoms with E-state index in [1.165, 1.54) is 5.56 Å². The number of nitrogens with one attached hydrogen (secondary N) is 1. The second-order valence-electron chi connectivity index (χ2n) is 4.62. The van der Waals surface area contributed by atoms with Crippen molar-refractivity contribution in [1.29, 1.82) is 0 Å². The van der Waals surface area contributed by atoms with E-state index in [9.17, 15) is 0 Å². The summed E-state index contributed by atoms with van der Waals surface area (Å²) in [6.45, 7) is 3.20. The van der Waals surface area contributed by atoms with E-state index in [2.05, 4.69) is 41.6 Å². The number of aliphatic hydroxyl groups excluding tert-OH is 1. The summed E-state index contributed by atoms with van der Waals surface area (Å²) < 4.78 is 1.85. The molecule has 0 aliphatic heterocycles. The lowest BCUT2D eigenvalue weighted by Crippen LogP contribution is -2.28. The normalized spacial score (nSPS) is 12.5. The molecule has 0 saturated heterocycles. The Morgan fingerprint density at radius 3 is 2.68 bits per heavy atom. The third kappa shape index (κ3) is 3.91. The van der Waals surface area contributed by atoms with E-state index in [-0.39, 0.29) is 6.61 Å². The fourth-order valence-electron chi connectivity index (χ4n) is 2.06. The van der Waals surface area contributed by atoms with E-state index in [0.29, 0.717) is 6.04 Å². The highest BCUT2D eigenvalue weighted by molar-refractivity contribution is 5.33. The van der Waals surface area contributed by atoms with E-state index < -0.39 is 0 Å². The predicted molar refractivity (Wildman–Crippen MR) is 76.2 cm³/mol. The summed E-state index contributed by atoms with van der Waals surface area (Å²) in [6.07, 6.45) is 5.55. The number of benzene rings is 1. The van der Waals surface area contributed by atoms with Gasteiger partial charge in [-0.05, 0) is 36.6 Å². The van der Waals surface area contributed by atoms with Crippen LogP contribution < -0.4 is 5.32 Å². The molecule has 1 heterocycles. The average Bonchev–Trinajstić information content (AvgIpc) is 2.98. The molecule has 0 bridgehead atoms. The summed E-state index contributed by atoms with van der Waals surface area (Å²) in [5, 5.41) is 16.6. The molecule has 2 rings (SSSR count). The summed E-state index contributed by atoms with van der Waals surface area (Å²) in [7, 11) is 0. The number of hydrogen-bond donors (Lipinski definition) is 2. The molecule has 0 radical (unpaired) electrons. The molecule has 4 nitrogen and oxygen atoms in total. The van der Waals surface area contributed by atoms with Gasteiger partial charge >= 0.3 is 0 Å². The van der Waals surface area contributed by atoms with Gasteiger partial charge in [0.15, 0.2) is 0 Å². The van der Waals surface area contributed by atoms with Gasteiger partial charge in [0.2, 0.25) is 0 Å². The van der Waals surface area contributed by atoms with Gasteiger partial charge in [-0.1, -0.05) is 19.1 Å². The molecule has 1 aromatic carbocycles. The van der Waals surface area contributed by atoms with Crippen LogP contribution in [0.2, 0.25) is 0 Å². The molecule has 0 aliphatic carbocycles. The van der Waals surface area contributed by atoms with Gasteiger partial charge < -0.3 is 10.4 Å².